The summed E-state index contributed by atoms with van der Waals surface area (Å²) < 4.78 is 13.5. The van der Waals surface area contributed by atoms with E-state index in [4.69, 9.17) is 0 Å². The topological polar surface area (TPSA) is 0 Å². The van der Waals surface area contributed by atoms with Crippen molar-refractivity contribution >= 4 is 23.2 Å². The third kappa shape index (κ3) is 2.91. The van der Waals surface area contributed by atoms with Crippen molar-refractivity contribution in [2.75, 3.05) is 0 Å². The van der Waals surface area contributed by atoms with Gasteiger partial charge in [-0.25, -0.2) is 4.39 Å². The highest BCUT2D eigenvalue weighted by molar-refractivity contribution is 7.11. The monoisotopic (exact) mass is 230 g/mol. The van der Waals surface area contributed by atoms with E-state index >= 15 is 0 Å². The van der Waals surface area contributed by atoms with Gasteiger partial charge in [0.25, 0.3) is 0 Å². The summed E-state index contributed by atoms with van der Waals surface area (Å²) in [6.45, 7) is 0. The van der Waals surface area contributed by atoms with E-state index in [1.54, 1.807) is 12.1 Å². The van der Waals surface area contributed by atoms with Crippen LogP contribution in [0.15, 0.2) is 60.0 Å². The molecule has 0 spiro atoms. The maximum atomic E-state index is 13.5. The third-order valence-corrected chi connectivity index (χ3v) is 2.97. The Balaban J connectivity index is 2.07. The van der Waals surface area contributed by atoms with Crippen LogP contribution in [0.5, 0.6) is 0 Å². The fraction of sp³-hybridized carbons (Fsp3) is 0. The molecule has 80 valence electrons. The van der Waals surface area contributed by atoms with E-state index in [-0.39, 0.29) is 5.83 Å². The quantitative estimate of drug-likeness (QED) is 0.666. The van der Waals surface area contributed by atoms with E-state index in [9.17, 15) is 4.39 Å². The molecule has 2 rings (SSSR count). The van der Waals surface area contributed by atoms with Crippen LogP contribution in [0.2, 0.25) is 0 Å². The fourth-order valence-electron chi connectivity index (χ4n) is 1.30. The average molecular weight is 230 g/mol. The van der Waals surface area contributed by atoms with Gasteiger partial charge in [-0.1, -0.05) is 48.6 Å². The van der Waals surface area contributed by atoms with Crippen LogP contribution >= 0.6 is 11.3 Å². The third-order valence-electron chi connectivity index (χ3n) is 2.09. The Labute approximate surface area is 98.4 Å². The Morgan fingerprint density at radius 2 is 1.88 bits per heavy atom. The number of halogens is 1. The Kier molecular flexibility index (Phi) is 3.67. The van der Waals surface area contributed by atoms with E-state index < -0.39 is 0 Å². The maximum absolute atomic E-state index is 13.5. The van der Waals surface area contributed by atoms with Crippen LogP contribution in [0, 0.1) is 0 Å². The van der Waals surface area contributed by atoms with Crippen LogP contribution in [-0.4, -0.2) is 0 Å². The van der Waals surface area contributed by atoms with Crippen molar-refractivity contribution in [1.82, 2.24) is 0 Å². The van der Waals surface area contributed by atoms with Crippen LogP contribution < -0.4 is 0 Å². The highest BCUT2D eigenvalue weighted by atomic mass is 32.1. The van der Waals surface area contributed by atoms with Gasteiger partial charge in [-0.3, -0.25) is 0 Å². The maximum Gasteiger partial charge on any atom is 0.140 e. The summed E-state index contributed by atoms with van der Waals surface area (Å²) in [6, 6.07) is 13.4. The zero-order valence-electron chi connectivity index (χ0n) is 8.64. The lowest BCUT2D eigenvalue weighted by Crippen LogP contribution is -1.69. The molecular formula is C14H11FS. The first-order valence-corrected chi connectivity index (χ1v) is 5.87. The Morgan fingerprint density at radius 3 is 2.56 bits per heavy atom. The number of rotatable bonds is 3. The van der Waals surface area contributed by atoms with Gasteiger partial charge in [-0.05, 0) is 23.1 Å². The zero-order chi connectivity index (χ0) is 11.2. The number of hydrogen-bond acceptors (Lipinski definition) is 1. The molecule has 2 heteroatoms. The molecule has 0 N–H and O–H groups in total. The second-order valence-corrected chi connectivity index (χ2v) is 4.21. The number of benzene rings is 1. The predicted molar refractivity (Wildman–Crippen MR) is 68.9 cm³/mol. The Bertz CT molecular complexity index is 481. The normalized spacial score (nSPS) is 12.2. The number of hydrogen-bond donors (Lipinski definition) is 0. The number of thiophene rings is 1. The van der Waals surface area contributed by atoms with Crippen LogP contribution in [0.4, 0.5) is 4.39 Å². The first-order valence-electron chi connectivity index (χ1n) is 4.99. The molecule has 1 aromatic carbocycles. The van der Waals surface area contributed by atoms with Gasteiger partial charge < -0.3 is 0 Å². The molecule has 2 aromatic rings. The van der Waals surface area contributed by atoms with Gasteiger partial charge in [0.05, 0.1) is 4.88 Å². The summed E-state index contributed by atoms with van der Waals surface area (Å²) in [5.74, 6) is -0.192. The predicted octanol–water partition coefficient (Wildman–Crippen LogP) is 4.77. The summed E-state index contributed by atoms with van der Waals surface area (Å²) in [4.78, 5) is 0.665. The summed E-state index contributed by atoms with van der Waals surface area (Å²) in [7, 11) is 0. The van der Waals surface area contributed by atoms with Crippen LogP contribution in [0.25, 0.3) is 11.9 Å². The smallest absolute Gasteiger partial charge is 0.140 e. The molecule has 0 nitrogen and oxygen atoms in total. The molecule has 0 bridgehead atoms. The van der Waals surface area contributed by atoms with Gasteiger partial charge in [-0.2, -0.15) is 0 Å². The molecule has 1 aromatic heterocycles. The minimum atomic E-state index is -0.192. The van der Waals surface area contributed by atoms with E-state index in [0.717, 1.165) is 5.56 Å². The highest BCUT2D eigenvalue weighted by Gasteiger charge is 1.97. The largest absolute Gasteiger partial charge is 0.205 e. The molecule has 0 saturated heterocycles. The Morgan fingerprint density at radius 1 is 1.06 bits per heavy atom. The van der Waals surface area contributed by atoms with Gasteiger partial charge in [-0.15, -0.1) is 11.3 Å². The lowest BCUT2D eigenvalue weighted by Gasteiger charge is -1.90. The molecule has 0 unspecified atom stereocenters. The summed E-state index contributed by atoms with van der Waals surface area (Å²) in [6.07, 6.45) is 5.09. The van der Waals surface area contributed by atoms with Crippen LogP contribution in [0.1, 0.15) is 10.4 Å². The molecule has 0 atom stereocenters. The van der Waals surface area contributed by atoms with Gasteiger partial charge in [0.2, 0.25) is 0 Å². The minimum Gasteiger partial charge on any atom is -0.205 e. The minimum absolute atomic E-state index is 0.192. The molecule has 0 aliphatic carbocycles. The molecule has 16 heavy (non-hydrogen) atoms. The molecule has 0 fully saturated rings. The second kappa shape index (κ2) is 5.42. The second-order valence-electron chi connectivity index (χ2n) is 3.26. The van der Waals surface area contributed by atoms with Crippen molar-refractivity contribution < 1.29 is 4.39 Å². The molecule has 1 heterocycles. The van der Waals surface area contributed by atoms with Crippen LogP contribution in [-0.2, 0) is 0 Å². The summed E-state index contributed by atoms with van der Waals surface area (Å²) in [5, 5.41) is 1.86. The molecule has 0 radical (unpaired) electrons. The SMILES string of the molecule is F/C(=C/C=C/c1ccccc1)c1cccs1. The van der Waals surface area contributed by atoms with Crippen molar-refractivity contribution in [3.63, 3.8) is 0 Å². The van der Waals surface area contributed by atoms with Crippen molar-refractivity contribution in [2.24, 2.45) is 0 Å². The average Bonchev–Trinajstić information content (AvgIpc) is 2.84. The van der Waals surface area contributed by atoms with E-state index in [1.807, 2.05) is 47.9 Å². The molecule has 0 aliphatic rings. The van der Waals surface area contributed by atoms with E-state index in [2.05, 4.69) is 0 Å². The van der Waals surface area contributed by atoms with Crippen molar-refractivity contribution in [3.05, 3.63) is 70.4 Å². The van der Waals surface area contributed by atoms with Crippen molar-refractivity contribution in [3.8, 4) is 0 Å². The van der Waals surface area contributed by atoms with Gasteiger partial charge in [0, 0.05) is 0 Å². The van der Waals surface area contributed by atoms with Crippen molar-refractivity contribution in [2.45, 2.75) is 0 Å². The summed E-state index contributed by atoms with van der Waals surface area (Å²) in [5.41, 5.74) is 1.07. The highest BCUT2D eigenvalue weighted by Crippen LogP contribution is 2.21. The lowest BCUT2D eigenvalue weighted by atomic mass is 10.2. The molecular weight excluding hydrogens is 219 g/mol. The fourth-order valence-corrected chi connectivity index (χ4v) is 1.95. The van der Waals surface area contributed by atoms with Gasteiger partial charge >= 0.3 is 0 Å². The Hall–Kier alpha value is -1.67. The standard InChI is InChI=1S/C14H11FS/c15-13(14-10-5-11-16-14)9-4-8-12-6-2-1-3-7-12/h1-11H/b8-4+,13-9+. The van der Waals surface area contributed by atoms with Gasteiger partial charge in [0.15, 0.2) is 0 Å². The first kappa shape index (κ1) is 10.8. The van der Waals surface area contributed by atoms with Crippen LogP contribution in [0.3, 0.4) is 0 Å². The van der Waals surface area contributed by atoms with Crippen molar-refractivity contribution in [1.29, 1.82) is 0 Å². The molecule has 0 amide bonds. The van der Waals surface area contributed by atoms with E-state index in [0.29, 0.717) is 4.88 Å². The zero-order valence-corrected chi connectivity index (χ0v) is 9.45. The van der Waals surface area contributed by atoms with Gasteiger partial charge in [0.1, 0.15) is 5.83 Å². The first-order chi connectivity index (χ1) is 7.86. The lowest BCUT2D eigenvalue weighted by molar-refractivity contribution is 0.764. The summed E-state index contributed by atoms with van der Waals surface area (Å²) >= 11 is 1.40. The van der Waals surface area contributed by atoms with E-state index in [1.165, 1.54) is 17.4 Å². The molecule has 0 saturated carbocycles. The molecule has 0 aliphatic heterocycles. The number of allylic oxidation sites excluding steroid dienone is 2.